The van der Waals surface area contributed by atoms with E-state index in [0.29, 0.717) is 73.3 Å². The lowest BCUT2D eigenvalue weighted by Crippen LogP contribution is -2.19. The molecule has 0 unspecified atom stereocenters. The minimum Gasteiger partial charge on any atom is -0.496 e. The molecule has 8 aromatic rings. The van der Waals surface area contributed by atoms with E-state index in [1.807, 2.05) is 0 Å². The first-order chi connectivity index (χ1) is 33.2. The van der Waals surface area contributed by atoms with E-state index < -0.39 is 29.8 Å². The van der Waals surface area contributed by atoms with Crippen LogP contribution in [-0.4, -0.2) is 59.4 Å². The number of esters is 1. The maximum Gasteiger partial charge on any atom is 0.342 e. The molecule has 4 amide bonds. The van der Waals surface area contributed by atoms with E-state index in [1.54, 1.807) is 105 Å². The van der Waals surface area contributed by atoms with E-state index in [9.17, 15) is 33.1 Å². The second kappa shape index (κ2) is 21.8. The normalized spacial score (nSPS) is 10.6. The summed E-state index contributed by atoms with van der Waals surface area (Å²) >= 11 is 0. The number of hydrogen-bond donors (Lipinski definition) is 5. The van der Waals surface area contributed by atoms with Gasteiger partial charge < -0.3 is 50.1 Å². The number of pyridine rings is 2. The number of hydrogen-bond acceptors (Lipinski definition) is 11. The Balaban J connectivity index is 0.000000205. The molecule has 0 aliphatic heterocycles. The van der Waals surface area contributed by atoms with Crippen molar-refractivity contribution in [3.63, 3.8) is 0 Å². The number of amides is 4. The van der Waals surface area contributed by atoms with Gasteiger partial charge in [-0.05, 0) is 135 Å². The second-order valence-electron chi connectivity index (χ2n) is 14.9. The van der Waals surface area contributed by atoms with Crippen molar-refractivity contribution in [2.45, 2.75) is 20.0 Å². The molecule has 8 rings (SSSR count). The molecule has 2 aromatic heterocycles. The number of nitrogens with zero attached hydrogens (tertiary/aromatic N) is 2. The van der Waals surface area contributed by atoms with Crippen molar-refractivity contribution >= 4 is 68.6 Å². The summed E-state index contributed by atoms with van der Waals surface area (Å²) in [6.07, 6.45) is 2.86. The van der Waals surface area contributed by atoms with E-state index >= 15 is 0 Å². The van der Waals surface area contributed by atoms with Crippen LogP contribution in [0.3, 0.4) is 0 Å². The summed E-state index contributed by atoms with van der Waals surface area (Å²) in [6.45, 7) is 3.54. The SMILES string of the molecule is COc1cc2nccc(Oc3ccc(NC(=O)Nc4ccc(F)cc4)cc3)c2cc1C(=O)O.COc1cc2nccc(Oc3ccc(NC(=O)Nc4ccc(F)cc4)cc3)c2cc1C(=O)OC(C)C. The van der Waals surface area contributed by atoms with Crippen molar-refractivity contribution in [2.24, 2.45) is 0 Å². The molecule has 0 aliphatic rings. The number of aromatic nitrogens is 2. The monoisotopic (exact) mass is 936 g/mol. The van der Waals surface area contributed by atoms with Gasteiger partial charge in [0.2, 0.25) is 0 Å². The Morgan fingerprint density at radius 3 is 1.23 bits per heavy atom. The average Bonchev–Trinajstić information content (AvgIpc) is 3.33. The predicted octanol–water partition coefficient (Wildman–Crippen LogP) is 11.9. The maximum absolute atomic E-state index is 13.0. The number of rotatable bonds is 13. The summed E-state index contributed by atoms with van der Waals surface area (Å²) in [5.41, 5.74) is 3.33. The Kier molecular flexibility index (Phi) is 15.0. The van der Waals surface area contributed by atoms with Crippen LogP contribution in [-0.2, 0) is 4.74 Å². The zero-order valence-electron chi connectivity index (χ0n) is 37.2. The Morgan fingerprint density at radius 2 is 0.870 bits per heavy atom. The molecule has 16 nitrogen and oxygen atoms in total. The first-order valence-electron chi connectivity index (χ1n) is 20.9. The average molecular weight is 937 g/mol. The van der Waals surface area contributed by atoms with Gasteiger partial charge in [-0.2, -0.15) is 0 Å². The van der Waals surface area contributed by atoms with E-state index in [0.717, 1.165) is 0 Å². The van der Waals surface area contributed by atoms with Gasteiger partial charge in [0.05, 0.1) is 31.4 Å². The highest BCUT2D eigenvalue weighted by Gasteiger charge is 2.20. The van der Waals surface area contributed by atoms with E-state index in [-0.39, 0.29) is 28.8 Å². The van der Waals surface area contributed by atoms with Crippen LogP contribution in [0, 0.1) is 11.6 Å². The van der Waals surface area contributed by atoms with E-state index in [4.69, 9.17) is 23.7 Å². The number of benzene rings is 6. The molecule has 2 heterocycles. The molecule has 0 spiro atoms. The molecule has 350 valence electrons. The zero-order valence-corrected chi connectivity index (χ0v) is 37.2. The van der Waals surface area contributed by atoms with Gasteiger partial charge in [-0.15, -0.1) is 0 Å². The standard InChI is InChI=1S/C27H24FN3O5.C24H18FN3O5/c1-16(2)35-26(32)22-14-21-23(15-25(22)34-3)29-13-12-24(21)36-20-10-8-19(9-11-20)31-27(33)30-18-6-4-17(28)5-7-18;1-32-22-13-20-18(12-19(22)23(29)30)21(10-11-26-20)33-17-8-6-16(7-9-17)28-24(31)27-15-4-2-14(25)3-5-15/h4-16H,1-3H3,(H2,30,31,33);2-13H,1H3,(H,29,30)(H2,27,28,31). The minimum absolute atomic E-state index is 0.00503. The largest absolute Gasteiger partial charge is 0.496 e. The van der Waals surface area contributed by atoms with Gasteiger partial charge in [-0.25, -0.2) is 28.0 Å². The molecule has 0 atom stereocenters. The third-order valence-electron chi connectivity index (χ3n) is 9.72. The van der Waals surface area contributed by atoms with Gasteiger partial charge in [0, 0.05) is 58.0 Å². The molecule has 0 saturated carbocycles. The lowest BCUT2D eigenvalue weighted by Gasteiger charge is -2.14. The Bertz CT molecular complexity index is 3140. The first-order valence-corrected chi connectivity index (χ1v) is 20.9. The molecule has 18 heteroatoms. The van der Waals surface area contributed by atoms with Crippen LogP contribution >= 0.6 is 0 Å². The highest BCUT2D eigenvalue weighted by atomic mass is 19.1. The fraction of sp³-hybridized carbons (Fsp3) is 0.0980. The number of carboxylic acid groups (broad SMARTS) is 1. The van der Waals surface area contributed by atoms with Gasteiger partial charge in [0.1, 0.15) is 57.3 Å². The summed E-state index contributed by atoms with van der Waals surface area (Å²) < 4.78 is 53.8. The number of nitrogens with one attached hydrogen (secondary N) is 4. The second-order valence-corrected chi connectivity index (χ2v) is 14.9. The molecule has 5 N–H and O–H groups in total. The number of urea groups is 2. The predicted molar refractivity (Wildman–Crippen MR) is 255 cm³/mol. The van der Waals surface area contributed by atoms with Crippen LogP contribution in [0.5, 0.6) is 34.5 Å². The van der Waals surface area contributed by atoms with Gasteiger partial charge in [0.25, 0.3) is 0 Å². The van der Waals surface area contributed by atoms with Crippen LogP contribution in [0.4, 0.5) is 41.1 Å². The number of carboxylic acids is 1. The number of aromatic carboxylic acids is 1. The Morgan fingerprint density at radius 1 is 0.507 bits per heavy atom. The van der Waals surface area contributed by atoms with E-state index in [1.165, 1.54) is 68.8 Å². The molecule has 0 fully saturated rings. The maximum atomic E-state index is 13.0. The number of halogens is 2. The minimum atomic E-state index is -1.13. The van der Waals surface area contributed by atoms with Crippen molar-refractivity contribution in [2.75, 3.05) is 35.5 Å². The highest BCUT2D eigenvalue weighted by Crippen LogP contribution is 2.36. The van der Waals surface area contributed by atoms with Crippen LogP contribution in [0.15, 0.2) is 146 Å². The fourth-order valence-electron chi connectivity index (χ4n) is 6.54. The summed E-state index contributed by atoms with van der Waals surface area (Å²) in [6, 6.07) is 32.9. The first kappa shape index (κ1) is 47.6. The lowest BCUT2D eigenvalue weighted by atomic mass is 10.1. The quantitative estimate of drug-likeness (QED) is 0.0684. The molecular weight excluding hydrogens is 895 g/mol. The van der Waals surface area contributed by atoms with Gasteiger partial charge >= 0.3 is 24.0 Å². The van der Waals surface area contributed by atoms with Crippen LogP contribution < -0.4 is 40.2 Å². The fourth-order valence-corrected chi connectivity index (χ4v) is 6.54. The number of carbonyl (C=O) groups is 4. The summed E-state index contributed by atoms with van der Waals surface area (Å²) in [7, 11) is 2.87. The van der Waals surface area contributed by atoms with Crippen molar-refractivity contribution in [3.05, 3.63) is 169 Å². The van der Waals surface area contributed by atoms with Crippen molar-refractivity contribution in [3.8, 4) is 34.5 Å². The Labute approximate surface area is 392 Å². The van der Waals surface area contributed by atoms with Crippen molar-refractivity contribution in [1.29, 1.82) is 0 Å². The third kappa shape index (κ3) is 12.5. The van der Waals surface area contributed by atoms with Crippen LogP contribution in [0.1, 0.15) is 34.6 Å². The molecular formula is C51H42F2N6O10. The van der Waals surface area contributed by atoms with E-state index in [2.05, 4.69) is 31.2 Å². The topological polar surface area (TPSA) is 209 Å². The number of anilines is 4. The number of fused-ring (bicyclic) bond motifs is 2. The molecule has 6 aromatic carbocycles. The smallest absolute Gasteiger partial charge is 0.342 e. The van der Waals surface area contributed by atoms with Gasteiger partial charge in [-0.1, -0.05) is 0 Å². The van der Waals surface area contributed by atoms with Crippen LogP contribution in [0.2, 0.25) is 0 Å². The summed E-state index contributed by atoms with van der Waals surface area (Å²) in [5.74, 6) is 0.0258. The number of ether oxygens (including phenoxy) is 5. The van der Waals surface area contributed by atoms with Gasteiger partial charge in [-0.3, -0.25) is 9.97 Å². The van der Waals surface area contributed by atoms with Gasteiger partial charge in [0.15, 0.2) is 0 Å². The Hall–Kier alpha value is -9.32. The molecule has 0 aliphatic carbocycles. The molecule has 0 radical (unpaired) electrons. The van der Waals surface area contributed by atoms with Crippen molar-refractivity contribution < 1.29 is 56.7 Å². The molecule has 0 saturated heterocycles. The number of carbonyl (C=O) groups excluding carboxylic acids is 3. The zero-order chi connectivity index (χ0) is 49.0. The summed E-state index contributed by atoms with van der Waals surface area (Å²) in [5, 5.41) is 21.2. The van der Waals surface area contributed by atoms with Crippen LogP contribution in [0.25, 0.3) is 21.8 Å². The summed E-state index contributed by atoms with van der Waals surface area (Å²) in [4.78, 5) is 57.0. The lowest BCUT2D eigenvalue weighted by molar-refractivity contribution is 0.0374. The molecule has 69 heavy (non-hydrogen) atoms. The highest BCUT2D eigenvalue weighted by molar-refractivity contribution is 6.02. The number of methoxy groups -OCH3 is 2. The molecule has 0 bridgehead atoms. The third-order valence-corrected chi connectivity index (χ3v) is 9.72. The van der Waals surface area contributed by atoms with Crippen molar-refractivity contribution in [1.82, 2.24) is 9.97 Å².